The summed E-state index contributed by atoms with van der Waals surface area (Å²) in [6.07, 6.45) is 4.56. The highest BCUT2D eigenvalue weighted by atomic mass is 16.5. The van der Waals surface area contributed by atoms with Crippen molar-refractivity contribution in [2.45, 2.75) is 19.4 Å². The third kappa shape index (κ3) is 3.10. The number of carbonyl (C=O) groups excluding carboxylic acids is 1. The van der Waals surface area contributed by atoms with Gasteiger partial charge in [0.15, 0.2) is 0 Å². The van der Waals surface area contributed by atoms with Crippen molar-refractivity contribution >= 4 is 12.0 Å². The van der Waals surface area contributed by atoms with Crippen LogP contribution in [0.2, 0.25) is 0 Å². The minimum atomic E-state index is 0.104. The van der Waals surface area contributed by atoms with E-state index < -0.39 is 0 Å². The average Bonchev–Trinajstić information content (AvgIpc) is 2.92. The minimum Gasteiger partial charge on any atom is -0.493 e. The largest absolute Gasteiger partial charge is 0.493 e. The molecule has 1 saturated heterocycles. The lowest BCUT2D eigenvalue weighted by atomic mass is 10.1. The zero-order valence-electron chi connectivity index (χ0n) is 12.7. The lowest BCUT2D eigenvalue weighted by molar-refractivity contribution is -0.130. The highest BCUT2D eigenvalue weighted by molar-refractivity contribution is 5.92. The van der Waals surface area contributed by atoms with Crippen molar-refractivity contribution in [1.29, 1.82) is 0 Å². The summed E-state index contributed by atoms with van der Waals surface area (Å²) in [6, 6.07) is 6.38. The van der Waals surface area contributed by atoms with Gasteiger partial charge in [-0.25, -0.2) is 0 Å². The number of nitrogens with zero attached hydrogens (tertiary/aromatic N) is 2. The molecule has 0 bridgehead atoms. The standard InChI is InChI=1S/C17H22N2O2/c1-13-12-18(2)8-9-19(13)17(20)6-4-14-3-5-16-15(11-14)7-10-21-16/h3-6,11,13H,7-10,12H2,1-2H3/b6-4+. The first-order valence-corrected chi connectivity index (χ1v) is 7.56. The Balaban J connectivity index is 1.67. The van der Waals surface area contributed by atoms with Gasteiger partial charge in [-0.2, -0.15) is 0 Å². The predicted octanol–water partition coefficient (Wildman–Crippen LogP) is 1.80. The molecule has 0 spiro atoms. The van der Waals surface area contributed by atoms with E-state index in [9.17, 15) is 4.79 Å². The van der Waals surface area contributed by atoms with Gasteiger partial charge in [0.1, 0.15) is 5.75 Å². The first kappa shape index (κ1) is 14.1. The van der Waals surface area contributed by atoms with Gasteiger partial charge in [-0.3, -0.25) is 4.79 Å². The van der Waals surface area contributed by atoms with Crippen LogP contribution < -0.4 is 4.74 Å². The highest BCUT2D eigenvalue weighted by Gasteiger charge is 2.24. The van der Waals surface area contributed by atoms with Gasteiger partial charge in [-0.1, -0.05) is 6.07 Å². The SMILES string of the molecule is CC1CN(C)CCN1C(=O)/C=C/c1ccc2c(c1)CCO2. The van der Waals surface area contributed by atoms with Gasteiger partial charge in [0.2, 0.25) is 5.91 Å². The number of amides is 1. The normalized spacial score (nSPS) is 22.4. The monoisotopic (exact) mass is 286 g/mol. The molecular weight excluding hydrogens is 264 g/mol. The van der Waals surface area contributed by atoms with Crippen LogP contribution in [0, 0.1) is 0 Å². The number of piperazine rings is 1. The molecule has 1 amide bonds. The van der Waals surface area contributed by atoms with E-state index in [-0.39, 0.29) is 11.9 Å². The molecular formula is C17H22N2O2. The maximum absolute atomic E-state index is 12.3. The number of likely N-dealkylation sites (N-methyl/N-ethyl adjacent to an activating group) is 1. The summed E-state index contributed by atoms with van der Waals surface area (Å²) in [4.78, 5) is 16.5. The van der Waals surface area contributed by atoms with Crippen molar-refractivity contribution in [3.05, 3.63) is 35.4 Å². The third-order valence-corrected chi connectivity index (χ3v) is 4.25. The lowest BCUT2D eigenvalue weighted by Gasteiger charge is -2.37. The summed E-state index contributed by atoms with van der Waals surface area (Å²) in [6.45, 7) is 5.56. The Labute approximate surface area is 126 Å². The van der Waals surface area contributed by atoms with Crippen LogP contribution in [0.4, 0.5) is 0 Å². The van der Waals surface area contributed by atoms with E-state index in [1.807, 2.05) is 23.1 Å². The molecule has 4 nitrogen and oxygen atoms in total. The molecule has 1 atom stereocenters. The molecule has 0 aromatic heterocycles. The van der Waals surface area contributed by atoms with Crippen molar-refractivity contribution in [3.8, 4) is 5.75 Å². The molecule has 1 unspecified atom stereocenters. The van der Waals surface area contributed by atoms with Crippen molar-refractivity contribution in [3.63, 3.8) is 0 Å². The third-order valence-electron chi connectivity index (χ3n) is 4.25. The number of hydrogen-bond acceptors (Lipinski definition) is 3. The predicted molar refractivity (Wildman–Crippen MR) is 83.3 cm³/mol. The molecule has 0 aliphatic carbocycles. The Hall–Kier alpha value is -1.81. The molecule has 2 aliphatic heterocycles. The fourth-order valence-electron chi connectivity index (χ4n) is 3.04. The van der Waals surface area contributed by atoms with Crippen LogP contribution >= 0.6 is 0 Å². The molecule has 0 saturated carbocycles. The molecule has 0 N–H and O–H groups in total. The van der Waals surface area contributed by atoms with Gasteiger partial charge < -0.3 is 14.5 Å². The van der Waals surface area contributed by atoms with Gasteiger partial charge in [0, 0.05) is 38.2 Å². The molecule has 1 fully saturated rings. The van der Waals surface area contributed by atoms with Crippen LogP contribution in [0.5, 0.6) is 5.75 Å². The Bertz CT molecular complexity index is 568. The fourth-order valence-corrected chi connectivity index (χ4v) is 3.04. The van der Waals surface area contributed by atoms with Crippen molar-refractivity contribution in [1.82, 2.24) is 9.80 Å². The fraction of sp³-hybridized carbons (Fsp3) is 0.471. The topological polar surface area (TPSA) is 32.8 Å². The summed E-state index contributed by atoms with van der Waals surface area (Å²) in [7, 11) is 2.10. The van der Waals surface area contributed by atoms with Crippen LogP contribution in [-0.4, -0.2) is 55.0 Å². The second kappa shape index (κ2) is 5.90. The number of rotatable bonds is 2. The molecule has 112 valence electrons. The smallest absolute Gasteiger partial charge is 0.246 e. The zero-order chi connectivity index (χ0) is 14.8. The lowest BCUT2D eigenvalue weighted by Crippen LogP contribution is -2.52. The minimum absolute atomic E-state index is 0.104. The Kier molecular flexibility index (Phi) is 3.97. The van der Waals surface area contributed by atoms with Gasteiger partial charge in [-0.15, -0.1) is 0 Å². The van der Waals surface area contributed by atoms with Crippen LogP contribution in [-0.2, 0) is 11.2 Å². The van der Waals surface area contributed by atoms with E-state index in [2.05, 4.69) is 24.9 Å². The van der Waals surface area contributed by atoms with Crippen LogP contribution in [0.1, 0.15) is 18.1 Å². The first-order chi connectivity index (χ1) is 10.1. The zero-order valence-corrected chi connectivity index (χ0v) is 12.7. The molecule has 2 aliphatic rings. The molecule has 1 aromatic rings. The number of carbonyl (C=O) groups is 1. The van der Waals surface area contributed by atoms with Crippen molar-refractivity contribution in [2.75, 3.05) is 33.3 Å². The van der Waals surface area contributed by atoms with Crippen LogP contribution in [0.3, 0.4) is 0 Å². The van der Waals surface area contributed by atoms with E-state index in [1.54, 1.807) is 6.08 Å². The molecule has 21 heavy (non-hydrogen) atoms. The average molecular weight is 286 g/mol. The first-order valence-electron chi connectivity index (χ1n) is 7.56. The molecule has 1 aromatic carbocycles. The summed E-state index contributed by atoms with van der Waals surface area (Å²) in [5.41, 5.74) is 2.30. The molecule has 4 heteroatoms. The van der Waals surface area contributed by atoms with Gasteiger partial charge in [0.05, 0.1) is 6.61 Å². The Morgan fingerprint density at radius 2 is 2.24 bits per heavy atom. The molecule has 2 heterocycles. The van der Waals surface area contributed by atoms with E-state index in [1.165, 1.54) is 5.56 Å². The summed E-state index contributed by atoms with van der Waals surface area (Å²) in [5.74, 6) is 1.08. The number of ether oxygens (including phenoxy) is 1. The summed E-state index contributed by atoms with van der Waals surface area (Å²) < 4.78 is 5.49. The van der Waals surface area contributed by atoms with E-state index in [4.69, 9.17) is 4.74 Å². The van der Waals surface area contributed by atoms with Crippen molar-refractivity contribution in [2.24, 2.45) is 0 Å². The quantitative estimate of drug-likeness (QED) is 0.777. The van der Waals surface area contributed by atoms with Gasteiger partial charge in [0.25, 0.3) is 0 Å². The van der Waals surface area contributed by atoms with E-state index in [0.717, 1.165) is 44.0 Å². The highest BCUT2D eigenvalue weighted by Crippen LogP contribution is 2.26. The maximum Gasteiger partial charge on any atom is 0.246 e. The van der Waals surface area contributed by atoms with Gasteiger partial charge >= 0.3 is 0 Å². The van der Waals surface area contributed by atoms with E-state index in [0.29, 0.717) is 0 Å². The Morgan fingerprint density at radius 1 is 1.38 bits per heavy atom. The van der Waals surface area contributed by atoms with Crippen LogP contribution in [0.15, 0.2) is 24.3 Å². The summed E-state index contributed by atoms with van der Waals surface area (Å²) >= 11 is 0. The molecule has 3 rings (SSSR count). The second-order valence-electron chi connectivity index (χ2n) is 5.94. The number of benzene rings is 1. The van der Waals surface area contributed by atoms with E-state index >= 15 is 0 Å². The summed E-state index contributed by atoms with van der Waals surface area (Å²) in [5, 5.41) is 0. The van der Waals surface area contributed by atoms with Gasteiger partial charge in [-0.05, 0) is 43.3 Å². The second-order valence-corrected chi connectivity index (χ2v) is 5.94. The van der Waals surface area contributed by atoms with Crippen molar-refractivity contribution < 1.29 is 9.53 Å². The molecule has 0 radical (unpaired) electrons. The Morgan fingerprint density at radius 3 is 3.05 bits per heavy atom. The number of fused-ring (bicyclic) bond motifs is 1. The maximum atomic E-state index is 12.3. The number of hydrogen-bond donors (Lipinski definition) is 0. The van der Waals surface area contributed by atoms with Crippen LogP contribution in [0.25, 0.3) is 6.08 Å².